The second-order valence-corrected chi connectivity index (χ2v) is 5.44. The van der Waals surface area contributed by atoms with Crippen molar-refractivity contribution in [3.8, 4) is 12.3 Å². The number of halogens is 3. The van der Waals surface area contributed by atoms with Crippen LogP contribution in [0.2, 0.25) is 0 Å². The summed E-state index contributed by atoms with van der Waals surface area (Å²) in [5, 5.41) is 20.2. The van der Waals surface area contributed by atoms with E-state index in [2.05, 4.69) is 0 Å². The SMILES string of the molecule is C#CC(NC(=O)C(F)(F)F)c1cn([C@H]2C[C@H](O)[C@@H](CO)O2)c(=O)[nH]c1=O. The Bertz CT molecular complexity index is 840. The van der Waals surface area contributed by atoms with Crippen LogP contribution in [0.1, 0.15) is 24.3 Å². The van der Waals surface area contributed by atoms with Gasteiger partial charge in [-0.05, 0) is 0 Å². The fraction of sp³-hybridized carbons (Fsp3) is 0.500. The number of nitrogens with zero attached hydrogens (tertiary/aromatic N) is 1. The molecule has 2 rings (SSSR count). The van der Waals surface area contributed by atoms with E-state index in [0.717, 1.165) is 10.8 Å². The summed E-state index contributed by atoms with van der Waals surface area (Å²) in [5.74, 6) is -0.525. The van der Waals surface area contributed by atoms with Crippen LogP contribution in [0.15, 0.2) is 15.8 Å². The van der Waals surface area contributed by atoms with Gasteiger partial charge < -0.3 is 20.3 Å². The van der Waals surface area contributed by atoms with Crippen molar-refractivity contribution in [1.82, 2.24) is 14.9 Å². The van der Waals surface area contributed by atoms with Gasteiger partial charge in [-0.1, -0.05) is 5.92 Å². The van der Waals surface area contributed by atoms with Crippen molar-refractivity contribution in [2.75, 3.05) is 6.61 Å². The molecule has 4 N–H and O–H groups in total. The van der Waals surface area contributed by atoms with Gasteiger partial charge in [0.15, 0.2) is 0 Å². The van der Waals surface area contributed by atoms with Crippen LogP contribution >= 0.6 is 0 Å². The van der Waals surface area contributed by atoms with Crippen LogP contribution in [-0.2, 0) is 9.53 Å². The minimum atomic E-state index is -5.22. The molecule has 0 spiro atoms. The molecule has 1 unspecified atom stereocenters. The van der Waals surface area contributed by atoms with Gasteiger partial charge in [0.05, 0.1) is 18.3 Å². The predicted octanol–water partition coefficient (Wildman–Crippen LogP) is -1.47. The molecule has 0 bridgehead atoms. The van der Waals surface area contributed by atoms with Gasteiger partial charge in [0.2, 0.25) is 0 Å². The Hall–Kier alpha value is -2.62. The molecule has 1 amide bonds. The van der Waals surface area contributed by atoms with Gasteiger partial charge in [-0.2, -0.15) is 13.2 Å². The third-order valence-corrected chi connectivity index (χ3v) is 3.70. The first-order chi connectivity index (χ1) is 12.1. The molecule has 4 atom stereocenters. The predicted molar refractivity (Wildman–Crippen MR) is 78.7 cm³/mol. The van der Waals surface area contributed by atoms with Crippen LogP contribution in [0.5, 0.6) is 0 Å². The van der Waals surface area contributed by atoms with Gasteiger partial charge >= 0.3 is 17.8 Å². The number of hydrogen-bond acceptors (Lipinski definition) is 6. The maximum absolute atomic E-state index is 12.4. The summed E-state index contributed by atoms with van der Waals surface area (Å²) in [4.78, 5) is 36.7. The average molecular weight is 377 g/mol. The topological polar surface area (TPSA) is 134 Å². The number of rotatable bonds is 4. The number of aromatic amines is 1. The Morgan fingerprint density at radius 3 is 2.69 bits per heavy atom. The van der Waals surface area contributed by atoms with E-state index in [1.807, 2.05) is 10.9 Å². The minimum absolute atomic E-state index is 0.119. The summed E-state index contributed by atoms with van der Waals surface area (Å²) < 4.78 is 43.2. The zero-order chi connectivity index (χ0) is 19.6. The Balaban J connectivity index is 2.38. The first-order valence-corrected chi connectivity index (χ1v) is 7.22. The molecule has 0 aliphatic carbocycles. The number of nitrogens with one attached hydrogen (secondary N) is 2. The first kappa shape index (κ1) is 19.7. The highest BCUT2D eigenvalue weighted by Crippen LogP contribution is 2.27. The molecule has 2 heterocycles. The molecule has 1 aromatic heterocycles. The number of carbonyl (C=O) groups excluding carboxylic acids is 1. The molecule has 12 heteroatoms. The summed E-state index contributed by atoms with van der Waals surface area (Å²) in [7, 11) is 0. The van der Waals surface area contributed by atoms with Gasteiger partial charge in [0.25, 0.3) is 5.56 Å². The van der Waals surface area contributed by atoms with E-state index >= 15 is 0 Å². The smallest absolute Gasteiger partial charge is 0.394 e. The number of terminal acetylenes is 1. The molecular formula is C14H14F3N3O6. The lowest BCUT2D eigenvalue weighted by Crippen LogP contribution is -2.42. The second kappa shape index (κ2) is 7.32. The zero-order valence-electron chi connectivity index (χ0n) is 13.0. The summed E-state index contributed by atoms with van der Waals surface area (Å²) in [6.45, 7) is -0.531. The standard InChI is InChI=1S/C14H14F3N3O6/c1-2-7(18-12(24)14(15,16)17)6-4-20(13(25)19-11(6)23)10-3-8(22)9(5-21)26-10/h1,4,7-10,21-22H,3,5H2,(H,18,24)(H,19,23,25)/t7?,8-,9+,10+/m0/s1. The van der Waals surface area contributed by atoms with E-state index in [1.165, 1.54) is 5.32 Å². The first-order valence-electron chi connectivity index (χ1n) is 7.22. The maximum atomic E-state index is 12.4. The van der Waals surface area contributed by atoms with Crippen molar-refractivity contribution in [2.24, 2.45) is 0 Å². The maximum Gasteiger partial charge on any atom is 0.471 e. The molecule has 0 aromatic carbocycles. The van der Waals surface area contributed by atoms with Gasteiger partial charge in [-0.3, -0.25) is 19.1 Å². The number of H-pyrrole nitrogens is 1. The Morgan fingerprint density at radius 1 is 1.54 bits per heavy atom. The monoisotopic (exact) mass is 377 g/mol. The molecule has 1 aromatic rings. The number of aliphatic hydroxyl groups is 2. The van der Waals surface area contributed by atoms with E-state index in [9.17, 15) is 32.7 Å². The van der Waals surface area contributed by atoms with Crippen LogP contribution < -0.4 is 16.6 Å². The van der Waals surface area contributed by atoms with Crippen LogP contribution in [0.4, 0.5) is 13.2 Å². The Kier molecular flexibility index (Phi) is 5.55. The molecular weight excluding hydrogens is 363 g/mol. The van der Waals surface area contributed by atoms with Crippen molar-refractivity contribution in [3.05, 3.63) is 32.6 Å². The number of aromatic nitrogens is 2. The van der Waals surface area contributed by atoms with Crippen molar-refractivity contribution in [2.45, 2.75) is 37.1 Å². The molecule has 1 aliphatic rings. The van der Waals surface area contributed by atoms with E-state index < -0.39 is 60.0 Å². The fourth-order valence-electron chi connectivity index (χ4n) is 2.39. The summed E-state index contributed by atoms with van der Waals surface area (Å²) in [6.07, 6.45) is -2.56. The van der Waals surface area contributed by atoms with Gasteiger partial charge in [0.1, 0.15) is 18.4 Å². The number of ether oxygens (including phenoxy) is 1. The van der Waals surface area contributed by atoms with Gasteiger partial charge in [-0.15, -0.1) is 6.42 Å². The lowest BCUT2D eigenvalue weighted by molar-refractivity contribution is -0.174. The highest BCUT2D eigenvalue weighted by atomic mass is 19.4. The van der Waals surface area contributed by atoms with Crippen LogP contribution in [0, 0.1) is 12.3 Å². The lowest BCUT2D eigenvalue weighted by Gasteiger charge is -2.18. The minimum Gasteiger partial charge on any atom is -0.394 e. The molecule has 1 saturated heterocycles. The third-order valence-electron chi connectivity index (χ3n) is 3.70. The third kappa shape index (κ3) is 3.96. The summed E-state index contributed by atoms with van der Waals surface area (Å²) in [6, 6.07) is -1.76. The highest BCUT2D eigenvalue weighted by Gasteiger charge is 2.40. The van der Waals surface area contributed by atoms with E-state index in [0.29, 0.717) is 0 Å². The molecule has 0 radical (unpaired) electrons. The Morgan fingerprint density at radius 2 is 2.19 bits per heavy atom. The van der Waals surface area contributed by atoms with Gasteiger partial charge in [0, 0.05) is 12.6 Å². The quantitative estimate of drug-likeness (QED) is 0.474. The lowest BCUT2D eigenvalue weighted by atomic mass is 10.1. The Labute approximate surface area is 143 Å². The van der Waals surface area contributed by atoms with Crippen molar-refractivity contribution < 1.29 is 32.9 Å². The summed E-state index contributed by atoms with van der Waals surface area (Å²) >= 11 is 0. The largest absolute Gasteiger partial charge is 0.471 e. The van der Waals surface area contributed by atoms with E-state index in [1.54, 1.807) is 0 Å². The fourth-order valence-corrected chi connectivity index (χ4v) is 2.39. The molecule has 0 saturated carbocycles. The number of alkyl halides is 3. The highest BCUT2D eigenvalue weighted by molar-refractivity contribution is 5.82. The van der Waals surface area contributed by atoms with Crippen LogP contribution in [0.25, 0.3) is 0 Å². The second-order valence-electron chi connectivity index (χ2n) is 5.44. The van der Waals surface area contributed by atoms with E-state index in [4.69, 9.17) is 16.3 Å². The average Bonchev–Trinajstić information content (AvgIpc) is 2.92. The summed E-state index contributed by atoms with van der Waals surface area (Å²) in [5.41, 5.74) is -2.56. The zero-order valence-corrected chi connectivity index (χ0v) is 13.0. The number of amides is 1. The molecule has 9 nitrogen and oxygen atoms in total. The van der Waals surface area contributed by atoms with Crippen molar-refractivity contribution >= 4 is 5.91 Å². The number of hydrogen-bond donors (Lipinski definition) is 4. The van der Waals surface area contributed by atoms with Crippen molar-refractivity contribution in [3.63, 3.8) is 0 Å². The van der Waals surface area contributed by atoms with Gasteiger partial charge in [-0.25, -0.2) is 4.79 Å². The number of carbonyl (C=O) groups is 1. The molecule has 1 fully saturated rings. The van der Waals surface area contributed by atoms with Crippen LogP contribution in [-0.4, -0.2) is 50.7 Å². The van der Waals surface area contributed by atoms with E-state index in [-0.39, 0.29) is 6.42 Å². The van der Waals surface area contributed by atoms with Crippen molar-refractivity contribution in [1.29, 1.82) is 0 Å². The molecule has 142 valence electrons. The molecule has 26 heavy (non-hydrogen) atoms. The normalized spacial score (nSPS) is 24.1. The van der Waals surface area contributed by atoms with Crippen LogP contribution in [0.3, 0.4) is 0 Å². The molecule has 1 aliphatic heterocycles. The number of aliphatic hydroxyl groups excluding tert-OH is 2.